The molecule has 37 heavy (non-hydrogen) atoms. The van der Waals surface area contributed by atoms with E-state index in [1.807, 2.05) is 0 Å². The Balaban J connectivity index is 2.01. The highest BCUT2D eigenvalue weighted by Crippen LogP contribution is 2.56. The number of benzene rings is 1. The molecule has 0 aliphatic heterocycles. The third kappa shape index (κ3) is 3.35. The van der Waals surface area contributed by atoms with Crippen LogP contribution in [0.4, 0.5) is 10.5 Å². The summed E-state index contributed by atoms with van der Waals surface area (Å²) in [6.45, 7) is 1.60. The Hall–Kier alpha value is -3.94. The Bertz CT molecular complexity index is 1320. The standard InChI is InChI=1S/C24H27N3O10/c1-7-8-5-6-9(26-23(35)37-4)16(28)11(8)17(29)12-10(7)18(30)14-15(27(2)3)19(31)13(22(25)34)21(33)24(14,36)20(12)32/h5-7,10,14-15,18,28-30,33,36H,1-4H3,(H2,25,34)(H,26,35)/t7-,10+,14+,15-,18-,24-/m0/s1. The lowest BCUT2D eigenvalue weighted by Gasteiger charge is -2.53. The number of aromatic hydroxyl groups is 1. The molecule has 4 rings (SSSR count). The van der Waals surface area contributed by atoms with Crippen molar-refractivity contribution in [2.45, 2.75) is 30.6 Å². The number of likely N-dealkylation sites (N-methyl/N-ethyl adjacent to an activating group) is 1. The van der Waals surface area contributed by atoms with Crippen molar-refractivity contribution < 1.29 is 49.4 Å². The highest BCUT2D eigenvalue weighted by atomic mass is 16.5. The predicted molar refractivity (Wildman–Crippen MR) is 126 cm³/mol. The highest BCUT2D eigenvalue weighted by molar-refractivity contribution is 6.24. The molecule has 3 aliphatic carbocycles. The molecular formula is C24H27N3O10. The van der Waals surface area contributed by atoms with E-state index in [0.29, 0.717) is 5.56 Å². The first-order valence-electron chi connectivity index (χ1n) is 11.2. The maximum Gasteiger partial charge on any atom is 0.411 e. The van der Waals surface area contributed by atoms with Crippen molar-refractivity contribution in [3.8, 4) is 5.75 Å². The third-order valence-electron chi connectivity index (χ3n) is 7.55. The second-order valence-electron chi connectivity index (χ2n) is 9.59. The summed E-state index contributed by atoms with van der Waals surface area (Å²) in [5.74, 6) is -9.96. The van der Waals surface area contributed by atoms with Crippen LogP contribution in [0, 0.1) is 11.8 Å². The van der Waals surface area contributed by atoms with Gasteiger partial charge in [0.1, 0.15) is 22.8 Å². The van der Waals surface area contributed by atoms with Gasteiger partial charge in [0.25, 0.3) is 5.91 Å². The van der Waals surface area contributed by atoms with Crippen molar-refractivity contribution in [1.82, 2.24) is 4.90 Å². The number of rotatable bonds is 3. The number of hydrogen-bond donors (Lipinski definition) is 7. The van der Waals surface area contributed by atoms with E-state index in [2.05, 4.69) is 10.1 Å². The highest BCUT2D eigenvalue weighted by Gasteiger charge is 2.68. The van der Waals surface area contributed by atoms with Crippen molar-refractivity contribution in [3.05, 3.63) is 40.2 Å². The number of Topliss-reactive ketones (excluding diaryl/α,β-unsaturated/α-hetero) is 2. The minimum atomic E-state index is -3.00. The number of amides is 2. The van der Waals surface area contributed by atoms with E-state index in [9.17, 15) is 44.7 Å². The van der Waals surface area contributed by atoms with Gasteiger partial charge in [-0.05, 0) is 31.6 Å². The van der Waals surface area contributed by atoms with Gasteiger partial charge in [-0.15, -0.1) is 0 Å². The van der Waals surface area contributed by atoms with Gasteiger partial charge < -0.3 is 36.0 Å². The molecule has 198 valence electrons. The van der Waals surface area contributed by atoms with Crippen LogP contribution in [-0.2, 0) is 19.1 Å². The molecule has 6 atom stereocenters. The van der Waals surface area contributed by atoms with E-state index in [-0.39, 0.29) is 11.3 Å². The van der Waals surface area contributed by atoms with Gasteiger partial charge in [-0.3, -0.25) is 24.6 Å². The van der Waals surface area contributed by atoms with Crippen LogP contribution in [0.3, 0.4) is 0 Å². The number of carbonyl (C=O) groups is 4. The molecule has 3 aliphatic rings. The first kappa shape index (κ1) is 26.1. The zero-order valence-corrected chi connectivity index (χ0v) is 20.3. The second-order valence-corrected chi connectivity index (χ2v) is 9.59. The van der Waals surface area contributed by atoms with E-state index in [0.717, 1.165) is 7.11 Å². The van der Waals surface area contributed by atoms with Crippen LogP contribution in [0.25, 0.3) is 5.76 Å². The maximum absolute atomic E-state index is 13.9. The summed E-state index contributed by atoms with van der Waals surface area (Å²) in [4.78, 5) is 52.0. The van der Waals surface area contributed by atoms with Crippen LogP contribution in [0.2, 0.25) is 0 Å². The average molecular weight is 517 g/mol. The number of fused-ring (bicyclic) bond motifs is 3. The molecule has 1 aromatic carbocycles. The summed E-state index contributed by atoms with van der Waals surface area (Å²) in [5, 5.41) is 58.4. The van der Waals surface area contributed by atoms with Crippen LogP contribution in [-0.4, -0.2) is 93.0 Å². The summed E-state index contributed by atoms with van der Waals surface area (Å²) < 4.78 is 4.51. The SMILES string of the molecule is COC(=O)Nc1ccc2c(c1O)C(O)=C1C(=O)[C@]3(O)C(O)=C(C(N)=O)C(=O)[C@@H](N(C)C)[C@@H]3[C@@H](O)[C@@H]1[C@H]2C. The van der Waals surface area contributed by atoms with Crippen LogP contribution in [0.15, 0.2) is 29.0 Å². The number of anilines is 1. The minimum Gasteiger partial charge on any atom is -0.508 e. The van der Waals surface area contributed by atoms with Gasteiger partial charge in [0, 0.05) is 11.5 Å². The molecule has 0 saturated heterocycles. The zero-order valence-electron chi connectivity index (χ0n) is 20.3. The zero-order chi connectivity index (χ0) is 27.7. The Morgan fingerprint density at radius 1 is 1.16 bits per heavy atom. The molecular weight excluding hydrogens is 490 g/mol. The van der Waals surface area contributed by atoms with Crippen LogP contribution >= 0.6 is 0 Å². The number of phenolic OH excluding ortho intramolecular Hbond substituents is 1. The molecule has 8 N–H and O–H groups in total. The number of nitrogens with zero attached hydrogens (tertiary/aromatic N) is 1. The Morgan fingerprint density at radius 3 is 2.32 bits per heavy atom. The Morgan fingerprint density at radius 2 is 1.78 bits per heavy atom. The summed E-state index contributed by atoms with van der Waals surface area (Å²) in [6.07, 6.45) is -2.60. The number of ether oxygens (including phenoxy) is 1. The number of primary amides is 1. The van der Waals surface area contributed by atoms with Crippen molar-refractivity contribution in [2.24, 2.45) is 17.6 Å². The van der Waals surface area contributed by atoms with Crippen LogP contribution in [0.5, 0.6) is 5.75 Å². The lowest BCUT2D eigenvalue weighted by atomic mass is 9.54. The molecule has 0 radical (unpaired) electrons. The molecule has 0 heterocycles. The number of methoxy groups -OCH3 is 1. The van der Waals surface area contributed by atoms with Gasteiger partial charge in [-0.1, -0.05) is 13.0 Å². The minimum absolute atomic E-state index is 0.154. The lowest BCUT2D eigenvalue weighted by molar-refractivity contribution is -0.169. The quantitative estimate of drug-likeness (QED) is 0.203. The Kier molecular flexibility index (Phi) is 6.06. The molecule has 0 aromatic heterocycles. The summed E-state index contributed by atoms with van der Waals surface area (Å²) in [5.41, 5.74) is 0.667. The lowest BCUT2D eigenvalue weighted by Crippen LogP contribution is -2.70. The molecule has 0 spiro atoms. The molecule has 13 heteroatoms. The fourth-order valence-corrected chi connectivity index (χ4v) is 5.88. The van der Waals surface area contributed by atoms with E-state index < -0.39 is 87.5 Å². The number of nitrogens with one attached hydrogen (secondary N) is 1. The fraction of sp³-hybridized carbons (Fsp3) is 0.417. The molecule has 0 unspecified atom stereocenters. The summed E-state index contributed by atoms with van der Waals surface area (Å²) in [7, 11) is 3.96. The number of aliphatic hydroxyl groups is 4. The van der Waals surface area contributed by atoms with Crippen molar-refractivity contribution in [3.63, 3.8) is 0 Å². The number of hydrogen-bond acceptors (Lipinski definition) is 11. The van der Waals surface area contributed by atoms with E-state index >= 15 is 0 Å². The molecule has 1 aromatic rings. The van der Waals surface area contributed by atoms with E-state index in [1.54, 1.807) is 6.92 Å². The molecule has 13 nitrogen and oxygen atoms in total. The number of carbonyl (C=O) groups excluding carboxylic acids is 4. The number of phenols is 1. The molecule has 1 fully saturated rings. The summed E-state index contributed by atoms with van der Waals surface area (Å²) >= 11 is 0. The first-order valence-corrected chi connectivity index (χ1v) is 11.2. The van der Waals surface area contributed by atoms with Crippen molar-refractivity contribution in [2.75, 3.05) is 26.5 Å². The first-order chi connectivity index (χ1) is 17.2. The molecule has 1 saturated carbocycles. The Labute approximate surface area is 210 Å². The molecule has 0 bridgehead atoms. The maximum atomic E-state index is 13.9. The van der Waals surface area contributed by atoms with E-state index in [4.69, 9.17) is 5.73 Å². The fourth-order valence-electron chi connectivity index (χ4n) is 5.88. The number of aliphatic hydroxyl groups excluding tert-OH is 3. The number of nitrogens with two attached hydrogens (primary N) is 1. The van der Waals surface area contributed by atoms with Gasteiger partial charge in [-0.2, -0.15) is 0 Å². The average Bonchev–Trinajstić information content (AvgIpc) is 2.82. The van der Waals surface area contributed by atoms with Gasteiger partial charge in [0.05, 0.1) is 36.4 Å². The monoisotopic (exact) mass is 517 g/mol. The van der Waals surface area contributed by atoms with E-state index in [1.165, 1.54) is 31.1 Å². The third-order valence-corrected chi connectivity index (χ3v) is 7.55. The van der Waals surface area contributed by atoms with Crippen molar-refractivity contribution in [1.29, 1.82) is 0 Å². The van der Waals surface area contributed by atoms with Gasteiger partial charge >= 0.3 is 6.09 Å². The second kappa shape index (κ2) is 8.57. The van der Waals surface area contributed by atoms with Crippen LogP contribution < -0.4 is 11.1 Å². The topological polar surface area (TPSA) is 220 Å². The normalized spacial score (nSPS) is 31.1. The summed E-state index contributed by atoms with van der Waals surface area (Å²) in [6, 6.07) is 1.38. The predicted octanol–water partition coefficient (Wildman–Crippen LogP) is -0.326. The van der Waals surface area contributed by atoms with Crippen molar-refractivity contribution >= 4 is 35.0 Å². The number of ketones is 2. The van der Waals surface area contributed by atoms with Crippen LogP contribution in [0.1, 0.15) is 24.0 Å². The van der Waals surface area contributed by atoms with Gasteiger partial charge in [0.15, 0.2) is 11.4 Å². The largest absolute Gasteiger partial charge is 0.508 e. The van der Waals surface area contributed by atoms with Gasteiger partial charge in [-0.25, -0.2) is 4.79 Å². The smallest absolute Gasteiger partial charge is 0.411 e. The molecule has 2 amide bonds. The van der Waals surface area contributed by atoms with Gasteiger partial charge in [0.2, 0.25) is 5.78 Å².